The molecule has 3 amide bonds. The largest absolute Gasteiger partial charge is 0.478 e. The number of carbonyl (C=O) groups excluding carboxylic acids is 3. The first-order valence-electron chi connectivity index (χ1n) is 16.9. The molecule has 0 aliphatic heterocycles. The summed E-state index contributed by atoms with van der Waals surface area (Å²) in [6.07, 6.45) is 0. The molecule has 4 rings (SSSR count). The molecular weight excluding hydrogens is 646 g/mol. The standard InChI is InChI=1S/C23H30N2O3.C18H19NO4/c1-15(2)13-25(5)23(28)21-11-19(18-8-6-16(3)7-9-18)10-20(12-21)22(27)24-17(4)14-26;1-11-3-5-13(6-4-11)14-7-15(9-16(8-14)18(22)23)17(21)19-12(2)10-20/h6-12,15,17,26H,13-14H2,1-5H3,(H,24,27);3-9,12,20H,10H2,1-2H3,(H,19,21)(H,22,23)/t17-;12-/m00/s1. The van der Waals surface area contributed by atoms with Gasteiger partial charge < -0.3 is 30.9 Å². The molecule has 5 N–H and O–H groups in total. The lowest BCUT2D eigenvalue weighted by molar-refractivity contribution is 0.0695. The van der Waals surface area contributed by atoms with Crippen molar-refractivity contribution in [2.45, 2.75) is 53.6 Å². The third-order valence-corrected chi connectivity index (χ3v) is 7.94. The number of carbonyl (C=O) groups is 4. The average Bonchev–Trinajstić information content (AvgIpc) is 3.11. The third kappa shape index (κ3) is 11.9. The van der Waals surface area contributed by atoms with Crippen molar-refractivity contribution < 1.29 is 34.5 Å². The van der Waals surface area contributed by atoms with Gasteiger partial charge in [-0.05, 0) is 92.3 Å². The zero-order chi connectivity index (χ0) is 37.8. The normalized spacial score (nSPS) is 11.9. The molecule has 0 saturated carbocycles. The van der Waals surface area contributed by atoms with Gasteiger partial charge in [0.1, 0.15) is 0 Å². The molecule has 4 aromatic rings. The van der Waals surface area contributed by atoms with Gasteiger partial charge in [-0.15, -0.1) is 0 Å². The van der Waals surface area contributed by atoms with Gasteiger partial charge >= 0.3 is 5.97 Å². The highest BCUT2D eigenvalue weighted by atomic mass is 16.4. The third-order valence-electron chi connectivity index (χ3n) is 7.94. The number of rotatable bonds is 12. The number of carboxylic acids is 1. The van der Waals surface area contributed by atoms with Crippen LogP contribution in [0.15, 0.2) is 84.9 Å². The summed E-state index contributed by atoms with van der Waals surface area (Å²) >= 11 is 0. The predicted octanol–water partition coefficient (Wildman–Crippen LogP) is 5.97. The lowest BCUT2D eigenvalue weighted by atomic mass is 9.98. The summed E-state index contributed by atoms with van der Waals surface area (Å²) in [5, 5.41) is 32.9. The lowest BCUT2D eigenvalue weighted by Crippen LogP contribution is -2.35. The molecule has 0 radical (unpaired) electrons. The zero-order valence-electron chi connectivity index (χ0n) is 30.4. The Balaban J connectivity index is 0.000000281. The molecule has 0 bridgehead atoms. The number of aryl methyl sites for hydroxylation is 2. The summed E-state index contributed by atoms with van der Waals surface area (Å²) < 4.78 is 0. The molecule has 0 saturated heterocycles. The minimum Gasteiger partial charge on any atom is -0.478 e. The summed E-state index contributed by atoms with van der Waals surface area (Å²) in [6, 6.07) is 24.6. The fourth-order valence-electron chi connectivity index (χ4n) is 5.15. The number of hydrogen-bond donors (Lipinski definition) is 5. The second-order valence-electron chi connectivity index (χ2n) is 13.3. The second kappa shape index (κ2) is 18.6. The maximum atomic E-state index is 12.9. The Bertz CT molecular complexity index is 1820. The van der Waals surface area contributed by atoms with Crippen LogP contribution < -0.4 is 10.6 Å². The van der Waals surface area contributed by atoms with Crippen molar-refractivity contribution in [3.05, 3.63) is 118 Å². The van der Waals surface area contributed by atoms with Crippen molar-refractivity contribution in [3.8, 4) is 22.3 Å². The van der Waals surface area contributed by atoms with Crippen LogP contribution in [0.5, 0.6) is 0 Å². The Labute approximate surface area is 300 Å². The number of amides is 3. The van der Waals surface area contributed by atoms with Crippen LogP contribution in [0.25, 0.3) is 22.3 Å². The van der Waals surface area contributed by atoms with Gasteiger partial charge in [-0.3, -0.25) is 14.4 Å². The molecular formula is C41H49N3O7. The highest BCUT2D eigenvalue weighted by Crippen LogP contribution is 2.25. The maximum absolute atomic E-state index is 12.9. The molecule has 0 spiro atoms. The van der Waals surface area contributed by atoms with Crippen molar-refractivity contribution in [2.75, 3.05) is 26.8 Å². The number of aliphatic hydroxyl groups excluding tert-OH is 2. The summed E-state index contributed by atoms with van der Waals surface area (Å²) in [5.41, 5.74) is 6.66. The van der Waals surface area contributed by atoms with E-state index in [4.69, 9.17) is 5.11 Å². The van der Waals surface area contributed by atoms with Crippen LogP contribution in [0, 0.1) is 19.8 Å². The summed E-state index contributed by atoms with van der Waals surface area (Å²) in [5.74, 6) is -1.59. The molecule has 0 aliphatic rings. The smallest absolute Gasteiger partial charge is 0.335 e. The van der Waals surface area contributed by atoms with Crippen LogP contribution >= 0.6 is 0 Å². The monoisotopic (exact) mass is 695 g/mol. The van der Waals surface area contributed by atoms with E-state index in [2.05, 4.69) is 24.5 Å². The van der Waals surface area contributed by atoms with E-state index in [-0.39, 0.29) is 42.2 Å². The molecule has 0 unspecified atom stereocenters. The minimum absolute atomic E-state index is 0.0462. The van der Waals surface area contributed by atoms with Crippen LogP contribution in [-0.2, 0) is 0 Å². The zero-order valence-corrected chi connectivity index (χ0v) is 30.4. The van der Waals surface area contributed by atoms with Gasteiger partial charge in [0.05, 0.1) is 18.8 Å². The van der Waals surface area contributed by atoms with Crippen LogP contribution in [0.3, 0.4) is 0 Å². The molecule has 2 atom stereocenters. The first-order chi connectivity index (χ1) is 24.1. The molecule has 4 aromatic carbocycles. The van der Waals surface area contributed by atoms with E-state index in [1.807, 2.05) is 68.4 Å². The molecule has 0 fully saturated rings. The molecule has 51 heavy (non-hydrogen) atoms. The SMILES string of the molecule is Cc1ccc(-c2cc(C(=O)N[C@@H](C)CO)cc(C(=O)N(C)CC(C)C)c2)cc1.Cc1ccc(-c2cc(C(=O)O)cc(C(=O)N[C@@H](C)CO)c2)cc1. The molecule has 0 aromatic heterocycles. The summed E-state index contributed by atoms with van der Waals surface area (Å²) in [4.78, 5) is 50.8. The first kappa shape index (κ1) is 40.1. The predicted molar refractivity (Wildman–Crippen MR) is 200 cm³/mol. The fraction of sp³-hybridized carbons (Fsp3) is 0.317. The van der Waals surface area contributed by atoms with Gasteiger partial charge in [0, 0.05) is 42.4 Å². The highest BCUT2D eigenvalue weighted by Gasteiger charge is 2.19. The molecule has 0 aliphatic carbocycles. The first-order valence-corrected chi connectivity index (χ1v) is 16.9. The lowest BCUT2D eigenvalue weighted by Gasteiger charge is -2.20. The van der Waals surface area contributed by atoms with E-state index in [9.17, 15) is 29.4 Å². The van der Waals surface area contributed by atoms with Crippen LogP contribution in [0.2, 0.25) is 0 Å². The Morgan fingerprint density at radius 1 is 0.588 bits per heavy atom. The number of aliphatic hydroxyl groups is 2. The Morgan fingerprint density at radius 2 is 0.961 bits per heavy atom. The van der Waals surface area contributed by atoms with Gasteiger partial charge in [0.15, 0.2) is 0 Å². The number of benzene rings is 4. The van der Waals surface area contributed by atoms with Crippen molar-refractivity contribution in [1.29, 1.82) is 0 Å². The van der Waals surface area contributed by atoms with E-state index in [1.165, 1.54) is 6.07 Å². The topological polar surface area (TPSA) is 156 Å². The maximum Gasteiger partial charge on any atom is 0.335 e. The Hall–Kier alpha value is -5.32. The average molecular weight is 696 g/mol. The van der Waals surface area contributed by atoms with Crippen LogP contribution in [0.1, 0.15) is 80.3 Å². The van der Waals surface area contributed by atoms with Crippen molar-refractivity contribution in [2.24, 2.45) is 5.92 Å². The van der Waals surface area contributed by atoms with Gasteiger partial charge in [-0.2, -0.15) is 0 Å². The number of carboxylic acid groups (broad SMARTS) is 1. The van der Waals surface area contributed by atoms with Crippen LogP contribution in [0.4, 0.5) is 0 Å². The number of hydrogen-bond acceptors (Lipinski definition) is 6. The van der Waals surface area contributed by atoms with Gasteiger partial charge in [0.2, 0.25) is 0 Å². The second-order valence-corrected chi connectivity index (χ2v) is 13.3. The van der Waals surface area contributed by atoms with Crippen molar-refractivity contribution in [1.82, 2.24) is 15.5 Å². The van der Waals surface area contributed by atoms with Gasteiger partial charge in [-0.1, -0.05) is 73.5 Å². The number of aromatic carboxylic acids is 1. The van der Waals surface area contributed by atoms with Gasteiger partial charge in [0.25, 0.3) is 17.7 Å². The summed E-state index contributed by atoms with van der Waals surface area (Å²) in [6.45, 7) is 11.8. The number of nitrogens with one attached hydrogen (secondary N) is 2. The van der Waals surface area contributed by atoms with E-state index >= 15 is 0 Å². The fourth-order valence-corrected chi connectivity index (χ4v) is 5.15. The van der Waals surface area contributed by atoms with E-state index < -0.39 is 17.9 Å². The van der Waals surface area contributed by atoms with E-state index in [0.29, 0.717) is 29.2 Å². The van der Waals surface area contributed by atoms with Crippen molar-refractivity contribution in [3.63, 3.8) is 0 Å². The van der Waals surface area contributed by atoms with E-state index in [1.54, 1.807) is 50.1 Å². The molecule has 10 nitrogen and oxygen atoms in total. The Morgan fingerprint density at radius 3 is 1.33 bits per heavy atom. The highest BCUT2D eigenvalue weighted by molar-refractivity contribution is 6.02. The van der Waals surface area contributed by atoms with E-state index in [0.717, 1.165) is 27.8 Å². The molecule has 10 heteroatoms. The summed E-state index contributed by atoms with van der Waals surface area (Å²) in [7, 11) is 1.77. The van der Waals surface area contributed by atoms with Crippen LogP contribution in [-0.4, -0.2) is 82.8 Å². The molecule has 0 heterocycles. The number of nitrogens with zero attached hydrogens (tertiary/aromatic N) is 1. The Kier molecular flexibility index (Phi) is 14.6. The quantitative estimate of drug-likeness (QED) is 0.122. The molecule has 270 valence electrons. The van der Waals surface area contributed by atoms with Crippen molar-refractivity contribution >= 4 is 23.7 Å². The van der Waals surface area contributed by atoms with Gasteiger partial charge in [-0.25, -0.2) is 4.79 Å². The minimum atomic E-state index is -1.09.